The lowest BCUT2D eigenvalue weighted by Crippen LogP contribution is -2.28. The van der Waals surface area contributed by atoms with Crippen molar-refractivity contribution < 1.29 is 23.8 Å². The molecule has 0 spiro atoms. The predicted molar refractivity (Wildman–Crippen MR) is 74.2 cm³/mol. The molecule has 2 aromatic rings. The fraction of sp³-hybridized carbons (Fsp3) is 0.200. The van der Waals surface area contributed by atoms with E-state index in [9.17, 15) is 9.59 Å². The molecule has 0 aliphatic carbocycles. The largest absolute Gasteiger partial charge is 0.483 e. The molecular formula is C15H15NO5. The number of carbonyl (C=O) groups is 2. The van der Waals surface area contributed by atoms with Crippen LogP contribution < -0.4 is 10.1 Å². The number of hydrogen-bond acceptors (Lipinski definition) is 4. The highest BCUT2D eigenvalue weighted by Gasteiger charge is 2.09. The quantitative estimate of drug-likeness (QED) is 0.848. The molecule has 0 unspecified atom stereocenters. The monoisotopic (exact) mass is 289 g/mol. The van der Waals surface area contributed by atoms with Gasteiger partial charge < -0.3 is 19.6 Å². The number of benzene rings is 1. The standard InChI is InChI=1S/C15H15NO5/c1-10-4-5-11(15(18)19)7-13(10)21-9-14(17)16-8-12-3-2-6-20-12/h2-7H,8-9H2,1H3,(H,16,17)(H,18,19). The lowest BCUT2D eigenvalue weighted by atomic mass is 10.1. The molecule has 0 aliphatic heterocycles. The molecule has 0 aliphatic rings. The highest BCUT2D eigenvalue weighted by atomic mass is 16.5. The molecule has 1 aromatic heterocycles. The van der Waals surface area contributed by atoms with E-state index in [2.05, 4.69) is 5.32 Å². The Bertz CT molecular complexity index is 634. The number of aromatic carboxylic acids is 1. The van der Waals surface area contributed by atoms with Gasteiger partial charge >= 0.3 is 5.97 Å². The Hall–Kier alpha value is -2.76. The number of aryl methyl sites for hydroxylation is 1. The van der Waals surface area contributed by atoms with E-state index >= 15 is 0 Å². The van der Waals surface area contributed by atoms with Gasteiger partial charge in [-0.2, -0.15) is 0 Å². The van der Waals surface area contributed by atoms with Crippen molar-refractivity contribution in [3.63, 3.8) is 0 Å². The Balaban J connectivity index is 1.88. The number of carbonyl (C=O) groups excluding carboxylic acids is 1. The first kappa shape index (κ1) is 14.6. The van der Waals surface area contributed by atoms with Crippen LogP contribution in [-0.2, 0) is 11.3 Å². The van der Waals surface area contributed by atoms with Crippen molar-refractivity contribution in [1.82, 2.24) is 5.32 Å². The zero-order valence-electron chi connectivity index (χ0n) is 11.5. The Kier molecular flexibility index (Phi) is 4.61. The van der Waals surface area contributed by atoms with E-state index in [1.807, 2.05) is 0 Å². The second kappa shape index (κ2) is 6.60. The number of carboxylic acids is 1. The van der Waals surface area contributed by atoms with Gasteiger partial charge in [0.05, 0.1) is 18.4 Å². The van der Waals surface area contributed by atoms with Gasteiger partial charge in [-0.3, -0.25) is 4.79 Å². The van der Waals surface area contributed by atoms with Crippen molar-refractivity contribution in [2.45, 2.75) is 13.5 Å². The van der Waals surface area contributed by atoms with Crippen molar-refractivity contribution in [3.05, 3.63) is 53.5 Å². The SMILES string of the molecule is Cc1ccc(C(=O)O)cc1OCC(=O)NCc1ccco1. The fourth-order valence-corrected chi connectivity index (χ4v) is 1.68. The molecule has 21 heavy (non-hydrogen) atoms. The maximum atomic E-state index is 11.6. The van der Waals surface area contributed by atoms with E-state index in [0.29, 0.717) is 11.5 Å². The summed E-state index contributed by atoms with van der Waals surface area (Å²) < 4.78 is 10.4. The minimum absolute atomic E-state index is 0.117. The molecule has 1 aromatic carbocycles. The van der Waals surface area contributed by atoms with Gasteiger partial charge in [0.25, 0.3) is 5.91 Å². The van der Waals surface area contributed by atoms with Crippen LogP contribution in [0.25, 0.3) is 0 Å². The summed E-state index contributed by atoms with van der Waals surface area (Å²) in [6, 6.07) is 8.01. The van der Waals surface area contributed by atoms with Crippen LogP contribution in [0.4, 0.5) is 0 Å². The van der Waals surface area contributed by atoms with E-state index < -0.39 is 5.97 Å². The third-order valence-electron chi connectivity index (χ3n) is 2.83. The molecular weight excluding hydrogens is 274 g/mol. The summed E-state index contributed by atoms with van der Waals surface area (Å²) in [6.07, 6.45) is 1.53. The molecule has 0 fully saturated rings. The van der Waals surface area contributed by atoms with Gasteiger partial charge in [-0.15, -0.1) is 0 Å². The van der Waals surface area contributed by atoms with Gasteiger partial charge in [0, 0.05) is 0 Å². The molecule has 6 nitrogen and oxygen atoms in total. The summed E-state index contributed by atoms with van der Waals surface area (Å²) in [7, 11) is 0. The van der Waals surface area contributed by atoms with Crippen molar-refractivity contribution in [2.24, 2.45) is 0 Å². The van der Waals surface area contributed by atoms with E-state index in [4.69, 9.17) is 14.3 Å². The van der Waals surface area contributed by atoms with Crippen molar-refractivity contribution >= 4 is 11.9 Å². The molecule has 1 amide bonds. The predicted octanol–water partition coefficient (Wildman–Crippen LogP) is 1.98. The Morgan fingerprint density at radius 3 is 2.81 bits per heavy atom. The number of amides is 1. The number of rotatable bonds is 6. The Morgan fingerprint density at radius 2 is 2.14 bits per heavy atom. The maximum absolute atomic E-state index is 11.6. The van der Waals surface area contributed by atoms with E-state index in [0.717, 1.165) is 5.56 Å². The molecule has 0 radical (unpaired) electrons. The van der Waals surface area contributed by atoms with Gasteiger partial charge in [-0.25, -0.2) is 4.79 Å². The van der Waals surface area contributed by atoms with Crippen LogP contribution in [0.5, 0.6) is 5.75 Å². The highest BCUT2D eigenvalue weighted by Crippen LogP contribution is 2.19. The second-order valence-corrected chi connectivity index (χ2v) is 4.43. The van der Waals surface area contributed by atoms with E-state index in [1.54, 1.807) is 25.1 Å². The first-order valence-electron chi connectivity index (χ1n) is 6.32. The summed E-state index contributed by atoms with van der Waals surface area (Å²) in [6.45, 7) is 1.87. The van der Waals surface area contributed by atoms with E-state index in [1.165, 1.54) is 18.4 Å². The maximum Gasteiger partial charge on any atom is 0.335 e. The first-order chi connectivity index (χ1) is 10.1. The third-order valence-corrected chi connectivity index (χ3v) is 2.83. The molecule has 110 valence electrons. The molecule has 0 atom stereocenters. The molecule has 1 heterocycles. The molecule has 0 saturated heterocycles. The smallest absolute Gasteiger partial charge is 0.335 e. The van der Waals surface area contributed by atoms with Crippen molar-refractivity contribution in [2.75, 3.05) is 6.61 Å². The fourth-order valence-electron chi connectivity index (χ4n) is 1.68. The number of nitrogens with one attached hydrogen (secondary N) is 1. The van der Waals surface area contributed by atoms with Crippen molar-refractivity contribution in [3.8, 4) is 5.75 Å². The van der Waals surface area contributed by atoms with Gasteiger partial charge in [0.1, 0.15) is 11.5 Å². The van der Waals surface area contributed by atoms with Crippen LogP contribution in [0.2, 0.25) is 0 Å². The van der Waals surface area contributed by atoms with Gasteiger partial charge in [0.15, 0.2) is 6.61 Å². The summed E-state index contributed by atoms with van der Waals surface area (Å²) in [5.74, 6) is -0.330. The number of hydrogen-bond donors (Lipinski definition) is 2. The Morgan fingerprint density at radius 1 is 1.33 bits per heavy atom. The molecule has 2 rings (SSSR count). The van der Waals surface area contributed by atoms with Crippen LogP contribution in [0, 0.1) is 6.92 Å². The molecule has 6 heteroatoms. The molecule has 0 bridgehead atoms. The summed E-state index contributed by atoms with van der Waals surface area (Å²) >= 11 is 0. The average Bonchev–Trinajstić information content (AvgIpc) is 2.97. The first-order valence-corrected chi connectivity index (χ1v) is 6.32. The van der Waals surface area contributed by atoms with Crippen LogP contribution in [0.3, 0.4) is 0 Å². The molecule has 2 N–H and O–H groups in total. The normalized spacial score (nSPS) is 10.1. The van der Waals surface area contributed by atoms with Gasteiger partial charge in [0.2, 0.25) is 0 Å². The third kappa shape index (κ3) is 4.10. The van der Waals surface area contributed by atoms with E-state index in [-0.39, 0.29) is 24.6 Å². The summed E-state index contributed by atoms with van der Waals surface area (Å²) in [5, 5.41) is 11.6. The van der Waals surface area contributed by atoms with Gasteiger partial charge in [-0.05, 0) is 36.8 Å². The highest BCUT2D eigenvalue weighted by molar-refractivity contribution is 5.88. The second-order valence-electron chi connectivity index (χ2n) is 4.43. The lowest BCUT2D eigenvalue weighted by Gasteiger charge is -2.10. The van der Waals surface area contributed by atoms with Crippen LogP contribution in [0.1, 0.15) is 21.7 Å². The Labute approximate surface area is 121 Å². The summed E-state index contributed by atoms with van der Waals surface area (Å²) in [5.41, 5.74) is 0.880. The summed E-state index contributed by atoms with van der Waals surface area (Å²) in [4.78, 5) is 22.5. The number of furan rings is 1. The molecule has 0 saturated carbocycles. The average molecular weight is 289 g/mol. The zero-order chi connectivity index (χ0) is 15.2. The van der Waals surface area contributed by atoms with Crippen LogP contribution in [-0.4, -0.2) is 23.6 Å². The number of ether oxygens (including phenoxy) is 1. The lowest BCUT2D eigenvalue weighted by molar-refractivity contribution is -0.123. The van der Waals surface area contributed by atoms with Crippen molar-refractivity contribution in [1.29, 1.82) is 0 Å². The zero-order valence-corrected chi connectivity index (χ0v) is 11.5. The van der Waals surface area contributed by atoms with Crippen LogP contribution >= 0.6 is 0 Å². The number of carboxylic acid groups (broad SMARTS) is 1. The van der Waals surface area contributed by atoms with Crippen LogP contribution in [0.15, 0.2) is 41.0 Å². The minimum atomic E-state index is -1.04. The topological polar surface area (TPSA) is 88.8 Å². The minimum Gasteiger partial charge on any atom is -0.483 e. The van der Waals surface area contributed by atoms with Gasteiger partial charge in [-0.1, -0.05) is 6.07 Å².